The summed E-state index contributed by atoms with van der Waals surface area (Å²) in [7, 11) is 0. The average Bonchev–Trinajstić information content (AvgIpc) is 2.16. The quantitative estimate of drug-likeness (QED) is 0.812. The number of aryl methyl sites for hydroxylation is 1. The highest BCUT2D eigenvalue weighted by atomic mass is 16.5. The number of ether oxygens (including phenoxy) is 1. The second-order valence-electron chi connectivity index (χ2n) is 3.82. The van der Waals surface area contributed by atoms with Crippen molar-refractivity contribution in [2.24, 2.45) is 5.92 Å². The summed E-state index contributed by atoms with van der Waals surface area (Å²) in [6, 6.07) is 3.78. The van der Waals surface area contributed by atoms with Gasteiger partial charge in [-0.15, -0.1) is 0 Å². The summed E-state index contributed by atoms with van der Waals surface area (Å²) in [6.07, 6.45) is 2.20. The Labute approximate surface area is 88.7 Å². The molecule has 0 bridgehead atoms. The van der Waals surface area contributed by atoms with Crippen molar-refractivity contribution in [1.82, 2.24) is 4.98 Å². The monoisotopic (exact) mass is 206 g/mol. The number of aromatic nitrogens is 1. The van der Waals surface area contributed by atoms with Gasteiger partial charge in [-0.25, -0.2) is 4.98 Å². The van der Waals surface area contributed by atoms with Crippen LogP contribution in [0.1, 0.15) is 12.0 Å². The minimum atomic E-state index is 0.0186. The van der Waals surface area contributed by atoms with E-state index in [0.717, 1.165) is 5.56 Å². The number of carbonyl (C=O) groups is 1. The first kappa shape index (κ1) is 10.1. The maximum atomic E-state index is 11.6. The van der Waals surface area contributed by atoms with Crippen LogP contribution in [0.15, 0.2) is 18.3 Å². The van der Waals surface area contributed by atoms with Crippen LogP contribution in [0.2, 0.25) is 0 Å². The Morgan fingerprint density at radius 2 is 2.47 bits per heavy atom. The molecule has 1 fully saturated rings. The third-order valence-corrected chi connectivity index (χ3v) is 2.45. The molecule has 1 aromatic heterocycles. The fourth-order valence-electron chi connectivity index (χ4n) is 1.46. The maximum absolute atomic E-state index is 11.6. The molecular formula is C11H14N2O2. The van der Waals surface area contributed by atoms with Crippen molar-refractivity contribution in [3.05, 3.63) is 23.9 Å². The van der Waals surface area contributed by atoms with Crippen molar-refractivity contribution in [1.29, 1.82) is 0 Å². The summed E-state index contributed by atoms with van der Waals surface area (Å²) in [6.45, 7) is 3.33. The molecule has 0 radical (unpaired) electrons. The Morgan fingerprint density at radius 3 is 3.07 bits per heavy atom. The van der Waals surface area contributed by atoms with E-state index in [1.165, 1.54) is 0 Å². The number of nitrogens with zero attached hydrogens (tertiary/aromatic N) is 1. The van der Waals surface area contributed by atoms with Gasteiger partial charge < -0.3 is 10.1 Å². The molecule has 15 heavy (non-hydrogen) atoms. The third kappa shape index (κ3) is 2.53. The van der Waals surface area contributed by atoms with Gasteiger partial charge in [-0.05, 0) is 18.6 Å². The van der Waals surface area contributed by atoms with E-state index in [1.807, 2.05) is 19.1 Å². The van der Waals surface area contributed by atoms with E-state index in [0.29, 0.717) is 31.4 Å². The summed E-state index contributed by atoms with van der Waals surface area (Å²) in [5, 5.41) is 2.80. The second kappa shape index (κ2) is 4.40. The van der Waals surface area contributed by atoms with Crippen molar-refractivity contribution in [2.45, 2.75) is 13.3 Å². The van der Waals surface area contributed by atoms with Gasteiger partial charge in [0.15, 0.2) is 0 Å². The zero-order valence-electron chi connectivity index (χ0n) is 8.69. The molecule has 1 aromatic rings. The van der Waals surface area contributed by atoms with Crippen molar-refractivity contribution >= 4 is 11.7 Å². The lowest BCUT2D eigenvalue weighted by Gasteiger charge is -2.25. The van der Waals surface area contributed by atoms with E-state index >= 15 is 0 Å². The van der Waals surface area contributed by atoms with Crippen LogP contribution < -0.4 is 5.32 Å². The fourth-order valence-corrected chi connectivity index (χ4v) is 1.46. The second-order valence-corrected chi connectivity index (χ2v) is 3.82. The Bertz CT molecular complexity index is 361. The highest BCUT2D eigenvalue weighted by Crippen LogP contribution is 2.16. The van der Waals surface area contributed by atoms with Crippen LogP contribution in [0.3, 0.4) is 0 Å². The standard InChI is InChI=1S/C11H14N2O2/c1-8-3-2-4-12-11(8)13-10(14)5-9-6-15-7-9/h2-4,9H,5-7H2,1H3,(H,12,13,14). The van der Waals surface area contributed by atoms with Crippen LogP contribution in [-0.2, 0) is 9.53 Å². The molecule has 0 aliphatic carbocycles. The molecule has 2 rings (SSSR count). The van der Waals surface area contributed by atoms with Gasteiger partial charge in [0, 0.05) is 18.5 Å². The van der Waals surface area contributed by atoms with Gasteiger partial charge in [0.2, 0.25) is 5.91 Å². The Balaban J connectivity index is 1.90. The topological polar surface area (TPSA) is 51.2 Å². The zero-order valence-corrected chi connectivity index (χ0v) is 8.69. The number of carbonyl (C=O) groups excluding carboxylic acids is 1. The molecule has 1 saturated heterocycles. The van der Waals surface area contributed by atoms with E-state index in [-0.39, 0.29) is 5.91 Å². The van der Waals surface area contributed by atoms with Crippen molar-refractivity contribution < 1.29 is 9.53 Å². The molecule has 4 nitrogen and oxygen atoms in total. The Kier molecular flexibility index (Phi) is 2.97. The SMILES string of the molecule is Cc1cccnc1NC(=O)CC1COC1. The predicted octanol–water partition coefficient (Wildman–Crippen LogP) is 1.37. The van der Waals surface area contributed by atoms with Crippen LogP contribution >= 0.6 is 0 Å². The number of anilines is 1. The minimum absolute atomic E-state index is 0.0186. The third-order valence-electron chi connectivity index (χ3n) is 2.45. The average molecular weight is 206 g/mol. The summed E-state index contributed by atoms with van der Waals surface area (Å²) in [4.78, 5) is 15.7. The molecule has 0 saturated carbocycles. The maximum Gasteiger partial charge on any atom is 0.225 e. The highest BCUT2D eigenvalue weighted by Gasteiger charge is 2.21. The zero-order chi connectivity index (χ0) is 10.7. The van der Waals surface area contributed by atoms with E-state index in [2.05, 4.69) is 10.3 Å². The molecule has 0 spiro atoms. The lowest BCUT2D eigenvalue weighted by Crippen LogP contribution is -2.31. The first-order chi connectivity index (χ1) is 7.25. The minimum Gasteiger partial charge on any atom is -0.381 e. The molecule has 80 valence electrons. The van der Waals surface area contributed by atoms with E-state index in [1.54, 1.807) is 6.20 Å². The van der Waals surface area contributed by atoms with Gasteiger partial charge in [-0.1, -0.05) is 6.07 Å². The summed E-state index contributed by atoms with van der Waals surface area (Å²) in [5.74, 6) is 1.06. The van der Waals surface area contributed by atoms with Gasteiger partial charge in [-0.3, -0.25) is 4.79 Å². The summed E-state index contributed by atoms with van der Waals surface area (Å²) in [5.41, 5.74) is 0.982. The lowest BCUT2D eigenvalue weighted by molar-refractivity contribution is -0.121. The normalized spacial score (nSPS) is 15.8. The summed E-state index contributed by atoms with van der Waals surface area (Å²) < 4.78 is 5.01. The van der Waals surface area contributed by atoms with Gasteiger partial charge in [0.05, 0.1) is 13.2 Å². The molecule has 1 amide bonds. The number of amides is 1. The number of nitrogens with one attached hydrogen (secondary N) is 1. The summed E-state index contributed by atoms with van der Waals surface area (Å²) >= 11 is 0. The fraction of sp³-hybridized carbons (Fsp3) is 0.455. The van der Waals surface area contributed by atoms with Gasteiger partial charge in [0.25, 0.3) is 0 Å². The molecule has 1 aliphatic heterocycles. The molecule has 1 aliphatic rings. The van der Waals surface area contributed by atoms with E-state index < -0.39 is 0 Å². The smallest absolute Gasteiger partial charge is 0.225 e. The van der Waals surface area contributed by atoms with Crippen LogP contribution in [-0.4, -0.2) is 24.1 Å². The molecule has 4 heteroatoms. The lowest BCUT2D eigenvalue weighted by atomic mass is 10.0. The molecular weight excluding hydrogens is 192 g/mol. The largest absolute Gasteiger partial charge is 0.381 e. The molecule has 1 N–H and O–H groups in total. The molecule has 2 heterocycles. The van der Waals surface area contributed by atoms with Crippen molar-refractivity contribution in [3.63, 3.8) is 0 Å². The number of pyridine rings is 1. The first-order valence-electron chi connectivity index (χ1n) is 5.05. The predicted molar refractivity (Wildman–Crippen MR) is 56.5 cm³/mol. The van der Waals surface area contributed by atoms with E-state index in [4.69, 9.17) is 4.74 Å². The van der Waals surface area contributed by atoms with Crippen molar-refractivity contribution in [3.8, 4) is 0 Å². The molecule has 0 aromatic carbocycles. The number of hydrogen-bond donors (Lipinski definition) is 1. The first-order valence-corrected chi connectivity index (χ1v) is 5.05. The van der Waals surface area contributed by atoms with Gasteiger partial charge >= 0.3 is 0 Å². The molecule has 0 unspecified atom stereocenters. The van der Waals surface area contributed by atoms with E-state index in [9.17, 15) is 4.79 Å². The van der Waals surface area contributed by atoms with Crippen LogP contribution in [0.25, 0.3) is 0 Å². The number of hydrogen-bond acceptors (Lipinski definition) is 3. The van der Waals surface area contributed by atoms with Crippen LogP contribution in [0.4, 0.5) is 5.82 Å². The number of rotatable bonds is 3. The molecule has 0 atom stereocenters. The van der Waals surface area contributed by atoms with Gasteiger partial charge in [0.1, 0.15) is 5.82 Å². The Morgan fingerprint density at radius 1 is 1.67 bits per heavy atom. The van der Waals surface area contributed by atoms with Gasteiger partial charge in [-0.2, -0.15) is 0 Å². The highest BCUT2D eigenvalue weighted by molar-refractivity contribution is 5.90. The van der Waals surface area contributed by atoms with Crippen LogP contribution in [0.5, 0.6) is 0 Å². The Hall–Kier alpha value is -1.42. The van der Waals surface area contributed by atoms with Crippen molar-refractivity contribution in [2.75, 3.05) is 18.5 Å². The van der Waals surface area contributed by atoms with Crippen LogP contribution in [0, 0.1) is 12.8 Å².